The van der Waals surface area contributed by atoms with Crippen molar-refractivity contribution in [3.05, 3.63) is 35.6 Å². The third-order valence-electron chi connectivity index (χ3n) is 2.96. The van der Waals surface area contributed by atoms with Gasteiger partial charge in [-0.15, -0.1) is 0 Å². The van der Waals surface area contributed by atoms with Gasteiger partial charge in [0.2, 0.25) is 0 Å². The molecule has 3 nitrogen and oxygen atoms in total. The summed E-state index contributed by atoms with van der Waals surface area (Å²) >= 11 is 0. The number of hydrogen-bond donors (Lipinski definition) is 1. The quantitative estimate of drug-likeness (QED) is 0.854. The predicted molar refractivity (Wildman–Crippen MR) is 65.3 cm³/mol. The highest BCUT2D eigenvalue weighted by Crippen LogP contribution is 2.04. The average Bonchev–Trinajstić information content (AvgIpc) is 2.32. The second-order valence-electron chi connectivity index (χ2n) is 4.51. The van der Waals surface area contributed by atoms with Gasteiger partial charge in [-0.3, -0.25) is 0 Å². The third kappa shape index (κ3) is 4.07. The van der Waals surface area contributed by atoms with Crippen LogP contribution in [0.4, 0.5) is 4.39 Å². The summed E-state index contributed by atoms with van der Waals surface area (Å²) in [7, 11) is 2.11. The predicted octanol–water partition coefficient (Wildman–Crippen LogP) is 1.25. The molecule has 94 valence electrons. The Morgan fingerprint density at radius 1 is 1.41 bits per heavy atom. The molecule has 17 heavy (non-hydrogen) atoms. The summed E-state index contributed by atoms with van der Waals surface area (Å²) < 4.78 is 18.3. The first kappa shape index (κ1) is 12.5. The molecule has 1 fully saturated rings. The molecule has 1 aromatic carbocycles. The number of nitrogens with zero attached hydrogens (tertiary/aromatic N) is 1. The molecule has 2 rings (SSSR count). The van der Waals surface area contributed by atoms with Crippen LogP contribution in [-0.2, 0) is 11.3 Å². The van der Waals surface area contributed by atoms with Crippen molar-refractivity contribution in [1.29, 1.82) is 0 Å². The van der Waals surface area contributed by atoms with E-state index in [4.69, 9.17) is 4.74 Å². The topological polar surface area (TPSA) is 24.5 Å². The van der Waals surface area contributed by atoms with Gasteiger partial charge in [0.05, 0.1) is 12.7 Å². The molecule has 0 amide bonds. The van der Waals surface area contributed by atoms with Gasteiger partial charge in [-0.1, -0.05) is 12.1 Å². The molecule has 0 saturated carbocycles. The summed E-state index contributed by atoms with van der Waals surface area (Å²) in [5, 5.41) is 3.34. The Morgan fingerprint density at radius 2 is 2.18 bits per heavy atom. The van der Waals surface area contributed by atoms with Crippen molar-refractivity contribution in [3.63, 3.8) is 0 Å². The molecule has 4 heteroatoms. The first-order chi connectivity index (χ1) is 8.24. The second kappa shape index (κ2) is 6.10. The third-order valence-corrected chi connectivity index (χ3v) is 2.96. The van der Waals surface area contributed by atoms with Crippen LogP contribution in [0.1, 0.15) is 5.56 Å². The van der Waals surface area contributed by atoms with E-state index in [-0.39, 0.29) is 11.9 Å². The van der Waals surface area contributed by atoms with Crippen molar-refractivity contribution in [3.8, 4) is 0 Å². The Bertz CT molecular complexity index is 342. The lowest BCUT2D eigenvalue weighted by atomic mass is 10.2. The van der Waals surface area contributed by atoms with Crippen molar-refractivity contribution in [2.75, 3.05) is 33.3 Å². The highest BCUT2D eigenvalue weighted by Gasteiger charge is 2.16. The lowest BCUT2D eigenvalue weighted by Crippen LogP contribution is -2.44. The van der Waals surface area contributed by atoms with Crippen molar-refractivity contribution in [2.45, 2.75) is 12.6 Å². The Labute approximate surface area is 102 Å². The fourth-order valence-corrected chi connectivity index (χ4v) is 1.97. The number of halogens is 1. The molecule has 1 aromatic rings. The lowest BCUT2D eigenvalue weighted by molar-refractivity contribution is -0.0182. The van der Waals surface area contributed by atoms with Crippen LogP contribution in [0.3, 0.4) is 0 Å². The number of nitrogens with one attached hydrogen (secondary N) is 1. The Balaban J connectivity index is 1.70. The van der Waals surface area contributed by atoms with E-state index in [1.807, 2.05) is 0 Å². The molecule has 1 atom stereocenters. The molecule has 1 aliphatic heterocycles. The van der Waals surface area contributed by atoms with Gasteiger partial charge >= 0.3 is 0 Å². The number of morpholine rings is 1. The zero-order valence-electron chi connectivity index (χ0n) is 10.2. The largest absolute Gasteiger partial charge is 0.374 e. The minimum absolute atomic E-state index is 0.189. The second-order valence-corrected chi connectivity index (χ2v) is 4.51. The number of benzene rings is 1. The maximum Gasteiger partial charge on any atom is 0.123 e. The van der Waals surface area contributed by atoms with Crippen LogP contribution in [0.2, 0.25) is 0 Å². The van der Waals surface area contributed by atoms with Crippen molar-refractivity contribution in [1.82, 2.24) is 10.2 Å². The van der Waals surface area contributed by atoms with Gasteiger partial charge in [-0.05, 0) is 24.7 Å². The van der Waals surface area contributed by atoms with Crippen LogP contribution in [0, 0.1) is 5.82 Å². The highest BCUT2D eigenvalue weighted by atomic mass is 19.1. The molecule has 1 N–H and O–H groups in total. The van der Waals surface area contributed by atoms with E-state index in [2.05, 4.69) is 17.3 Å². The van der Waals surface area contributed by atoms with E-state index >= 15 is 0 Å². The molecule has 0 radical (unpaired) electrons. The van der Waals surface area contributed by atoms with Gasteiger partial charge in [0.25, 0.3) is 0 Å². The number of ether oxygens (including phenoxy) is 1. The Kier molecular flexibility index (Phi) is 4.48. The number of hydrogen-bond acceptors (Lipinski definition) is 3. The monoisotopic (exact) mass is 238 g/mol. The first-order valence-corrected chi connectivity index (χ1v) is 5.99. The lowest BCUT2D eigenvalue weighted by Gasteiger charge is -2.30. The summed E-state index contributed by atoms with van der Waals surface area (Å²) in [6.07, 6.45) is 0.259. The fourth-order valence-electron chi connectivity index (χ4n) is 1.97. The maximum absolute atomic E-state index is 12.7. The van der Waals surface area contributed by atoms with Crippen LogP contribution < -0.4 is 5.32 Å². The minimum Gasteiger partial charge on any atom is -0.374 e. The summed E-state index contributed by atoms with van der Waals surface area (Å²) in [4.78, 5) is 2.27. The summed E-state index contributed by atoms with van der Waals surface area (Å²) in [5.41, 5.74) is 1.09. The van der Waals surface area contributed by atoms with E-state index in [0.717, 1.165) is 38.3 Å². The van der Waals surface area contributed by atoms with Gasteiger partial charge in [-0.25, -0.2) is 4.39 Å². The molecule has 0 aromatic heterocycles. The van der Waals surface area contributed by atoms with Crippen LogP contribution in [0.15, 0.2) is 24.3 Å². The van der Waals surface area contributed by atoms with Gasteiger partial charge in [0.15, 0.2) is 0 Å². The Morgan fingerprint density at radius 3 is 2.88 bits per heavy atom. The number of likely N-dealkylation sites (N-methyl/N-ethyl adjacent to an activating group) is 1. The van der Waals surface area contributed by atoms with E-state index in [1.165, 1.54) is 12.1 Å². The van der Waals surface area contributed by atoms with Crippen molar-refractivity contribution in [2.24, 2.45) is 0 Å². The molecule has 0 spiro atoms. The standard InChI is InChI=1S/C13H19FN2O/c1-16-6-7-17-13(10-16)9-15-8-11-2-4-12(14)5-3-11/h2-5,13,15H,6-10H2,1H3. The molecular weight excluding hydrogens is 219 g/mol. The minimum atomic E-state index is -0.189. The van der Waals surface area contributed by atoms with Crippen molar-refractivity contribution < 1.29 is 9.13 Å². The van der Waals surface area contributed by atoms with E-state index < -0.39 is 0 Å². The van der Waals surface area contributed by atoms with Crippen LogP contribution in [-0.4, -0.2) is 44.3 Å². The molecule has 1 saturated heterocycles. The van der Waals surface area contributed by atoms with Crippen LogP contribution >= 0.6 is 0 Å². The zero-order valence-corrected chi connectivity index (χ0v) is 10.2. The molecule has 1 heterocycles. The van der Waals surface area contributed by atoms with Gasteiger partial charge in [0.1, 0.15) is 5.82 Å². The zero-order chi connectivity index (χ0) is 12.1. The SMILES string of the molecule is CN1CCOC(CNCc2ccc(F)cc2)C1. The van der Waals surface area contributed by atoms with E-state index in [0.29, 0.717) is 0 Å². The number of rotatable bonds is 4. The summed E-state index contributed by atoms with van der Waals surface area (Å²) in [5.74, 6) is -0.189. The molecule has 1 unspecified atom stereocenters. The normalized spacial score (nSPS) is 21.6. The molecule has 1 aliphatic rings. The Hall–Kier alpha value is -0.970. The summed E-state index contributed by atoms with van der Waals surface area (Å²) in [6.45, 7) is 4.37. The van der Waals surface area contributed by atoms with Crippen LogP contribution in [0.25, 0.3) is 0 Å². The van der Waals surface area contributed by atoms with E-state index in [9.17, 15) is 4.39 Å². The van der Waals surface area contributed by atoms with E-state index in [1.54, 1.807) is 12.1 Å². The van der Waals surface area contributed by atoms with Crippen molar-refractivity contribution >= 4 is 0 Å². The highest BCUT2D eigenvalue weighted by molar-refractivity contribution is 5.15. The molecular formula is C13H19FN2O. The molecule has 0 aliphatic carbocycles. The maximum atomic E-state index is 12.7. The van der Waals surface area contributed by atoms with Gasteiger partial charge < -0.3 is 15.0 Å². The van der Waals surface area contributed by atoms with Crippen LogP contribution in [0.5, 0.6) is 0 Å². The average molecular weight is 238 g/mol. The first-order valence-electron chi connectivity index (χ1n) is 5.99. The van der Waals surface area contributed by atoms with Gasteiger partial charge in [-0.2, -0.15) is 0 Å². The smallest absolute Gasteiger partial charge is 0.123 e. The summed E-state index contributed by atoms with van der Waals surface area (Å²) in [6, 6.07) is 6.58. The van der Waals surface area contributed by atoms with Gasteiger partial charge in [0, 0.05) is 26.2 Å². The molecule has 0 bridgehead atoms. The fraction of sp³-hybridized carbons (Fsp3) is 0.538.